The molecule has 2 aliphatic rings. The number of nitrogens with zero attached hydrogens (tertiary/aromatic N) is 6. The number of H-pyrrole nitrogens is 1. The van der Waals surface area contributed by atoms with E-state index < -0.39 is 0 Å². The van der Waals surface area contributed by atoms with Crippen LogP contribution in [-0.4, -0.2) is 66.6 Å². The number of aryl methyl sites for hydroxylation is 1. The Bertz CT molecular complexity index is 1420. The SMILES string of the molecule is CCn1nc(-c2ccncc2)cc1C1CCN(CCC(=O)N2CCC[C@H]2c2nc3cc(Cl)c(Cl)cc3[nH]2)CC1. The van der Waals surface area contributed by atoms with Crippen molar-refractivity contribution in [2.75, 3.05) is 26.2 Å². The summed E-state index contributed by atoms with van der Waals surface area (Å²) in [6.45, 7) is 6.55. The van der Waals surface area contributed by atoms with Gasteiger partial charge in [0.1, 0.15) is 5.82 Å². The second-order valence-electron chi connectivity index (χ2n) is 10.5. The average Bonchev–Trinajstić information content (AvgIpc) is 3.71. The Morgan fingerprint density at radius 1 is 1.05 bits per heavy atom. The highest BCUT2D eigenvalue weighted by atomic mass is 35.5. The van der Waals surface area contributed by atoms with E-state index in [1.54, 1.807) is 12.1 Å². The molecule has 4 aromatic rings. The van der Waals surface area contributed by atoms with Crippen molar-refractivity contribution >= 4 is 40.1 Å². The maximum absolute atomic E-state index is 13.3. The van der Waals surface area contributed by atoms with Gasteiger partial charge in [0.15, 0.2) is 0 Å². The molecule has 39 heavy (non-hydrogen) atoms. The van der Waals surface area contributed by atoms with Crippen molar-refractivity contribution in [3.63, 3.8) is 0 Å². The number of amides is 1. The first kappa shape index (κ1) is 26.3. The zero-order valence-electron chi connectivity index (χ0n) is 22.1. The molecule has 2 aliphatic heterocycles. The average molecular weight is 567 g/mol. The fraction of sp³-hybridized carbons (Fsp3) is 0.448. The van der Waals surface area contributed by atoms with Crippen LogP contribution in [0.1, 0.15) is 62.5 Å². The third-order valence-electron chi connectivity index (χ3n) is 8.17. The van der Waals surface area contributed by atoms with Crippen LogP contribution >= 0.6 is 23.2 Å². The zero-order valence-corrected chi connectivity index (χ0v) is 23.6. The van der Waals surface area contributed by atoms with Gasteiger partial charge in [0.05, 0.1) is 32.8 Å². The number of likely N-dealkylation sites (tertiary alicyclic amines) is 2. The van der Waals surface area contributed by atoms with E-state index in [4.69, 9.17) is 33.3 Å². The van der Waals surface area contributed by atoms with Gasteiger partial charge < -0.3 is 14.8 Å². The van der Waals surface area contributed by atoms with Gasteiger partial charge in [0, 0.05) is 55.6 Å². The van der Waals surface area contributed by atoms with Gasteiger partial charge in [-0.15, -0.1) is 0 Å². The number of aromatic nitrogens is 5. The van der Waals surface area contributed by atoms with Crippen LogP contribution < -0.4 is 0 Å². The summed E-state index contributed by atoms with van der Waals surface area (Å²) < 4.78 is 2.15. The Balaban J connectivity index is 1.05. The van der Waals surface area contributed by atoms with Crippen LogP contribution in [0.25, 0.3) is 22.3 Å². The summed E-state index contributed by atoms with van der Waals surface area (Å²) in [6, 6.07) is 9.81. The largest absolute Gasteiger partial charge is 0.340 e. The fourth-order valence-electron chi connectivity index (χ4n) is 6.06. The molecule has 0 radical (unpaired) electrons. The summed E-state index contributed by atoms with van der Waals surface area (Å²) >= 11 is 12.4. The maximum Gasteiger partial charge on any atom is 0.224 e. The quantitative estimate of drug-likeness (QED) is 0.293. The Morgan fingerprint density at radius 2 is 1.82 bits per heavy atom. The standard InChI is InChI=1S/C29H33Cl2N7O/c1-2-38-27(18-23(35-38)19-5-10-32-11-6-19)20-7-13-36(14-8-20)15-9-28(39)37-12-3-4-26(37)29-33-24-16-21(30)22(31)17-25(24)34-29/h5-6,10-11,16-18,20,26H,2-4,7-9,12-15H2,1H3,(H,33,34)/t26-/m0/s1. The molecule has 6 rings (SSSR count). The monoisotopic (exact) mass is 565 g/mol. The van der Waals surface area contributed by atoms with Gasteiger partial charge in [-0.3, -0.25) is 14.5 Å². The van der Waals surface area contributed by atoms with Crippen LogP contribution in [0, 0.1) is 0 Å². The van der Waals surface area contributed by atoms with E-state index in [0.717, 1.165) is 86.5 Å². The van der Waals surface area contributed by atoms with Crippen molar-refractivity contribution in [3.8, 4) is 11.3 Å². The van der Waals surface area contributed by atoms with Crippen LogP contribution in [-0.2, 0) is 11.3 Å². The molecule has 0 saturated carbocycles. The molecule has 0 bridgehead atoms. The van der Waals surface area contributed by atoms with Crippen molar-refractivity contribution < 1.29 is 4.79 Å². The minimum Gasteiger partial charge on any atom is -0.340 e. The first-order valence-electron chi connectivity index (χ1n) is 13.8. The number of aromatic amines is 1. The van der Waals surface area contributed by atoms with Crippen molar-refractivity contribution in [1.82, 2.24) is 34.5 Å². The van der Waals surface area contributed by atoms with Gasteiger partial charge in [-0.2, -0.15) is 5.10 Å². The molecule has 2 fully saturated rings. The summed E-state index contributed by atoms with van der Waals surface area (Å²) in [5.41, 5.74) is 5.05. The predicted molar refractivity (Wildman–Crippen MR) is 154 cm³/mol. The number of pyridine rings is 1. The van der Waals surface area contributed by atoms with Gasteiger partial charge in [-0.1, -0.05) is 23.2 Å². The molecule has 0 aliphatic carbocycles. The molecule has 1 atom stereocenters. The number of hydrogen-bond acceptors (Lipinski definition) is 5. The molecule has 10 heteroatoms. The second-order valence-corrected chi connectivity index (χ2v) is 11.3. The normalized spacial score (nSPS) is 18.8. The molecule has 8 nitrogen and oxygen atoms in total. The predicted octanol–water partition coefficient (Wildman–Crippen LogP) is 6.08. The summed E-state index contributed by atoms with van der Waals surface area (Å²) in [7, 11) is 0. The number of nitrogens with one attached hydrogen (secondary N) is 1. The summed E-state index contributed by atoms with van der Waals surface area (Å²) in [6.07, 6.45) is 8.19. The lowest BCUT2D eigenvalue weighted by molar-refractivity contribution is -0.132. The number of fused-ring (bicyclic) bond motifs is 1. The van der Waals surface area contributed by atoms with E-state index in [-0.39, 0.29) is 11.9 Å². The van der Waals surface area contributed by atoms with Crippen LogP contribution in [0.3, 0.4) is 0 Å². The van der Waals surface area contributed by atoms with Gasteiger partial charge in [0.2, 0.25) is 5.91 Å². The zero-order chi connectivity index (χ0) is 26.9. The van der Waals surface area contributed by atoms with Crippen molar-refractivity contribution in [2.45, 2.75) is 57.5 Å². The molecule has 0 spiro atoms. The maximum atomic E-state index is 13.3. The lowest BCUT2D eigenvalue weighted by atomic mass is 9.92. The number of hydrogen-bond donors (Lipinski definition) is 1. The van der Waals surface area contributed by atoms with E-state index in [1.807, 2.05) is 29.4 Å². The van der Waals surface area contributed by atoms with Crippen LogP contribution in [0.5, 0.6) is 0 Å². The highest BCUT2D eigenvalue weighted by Gasteiger charge is 2.32. The van der Waals surface area contributed by atoms with Gasteiger partial charge in [0.25, 0.3) is 0 Å². The summed E-state index contributed by atoms with van der Waals surface area (Å²) in [5, 5.41) is 5.84. The minimum absolute atomic E-state index is 0.0305. The highest BCUT2D eigenvalue weighted by Crippen LogP contribution is 2.35. The summed E-state index contributed by atoms with van der Waals surface area (Å²) in [5.74, 6) is 1.49. The highest BCUT2D eigenvalue weighted by molar-refractivity contribution is 6.42. The van der Waals surface area contributed by atoms with Crippen LogP contribution in [0.4, 0.5) is 0 Å². The van der Waals surface area contributed by atoms with Gasteiger partial charge in [-0.25, -0.2) is 4.98 Å². The van der Waals surface area contributed by atoms with Gasteiger partial charge in [-0.05, 0) is 76.0 Å². The molecule has 1 N–H and O–H groups in total. The third-order valence-corrected chi connectivity index (χ3v) is 8.89. The first-order valence-corrected chi connectivity index (χ1v) is 14.6. The number of rotatable bonds is 7. The van der Waals surface area contributed by atoms with Crippen molar-refractivity contribution in [3.05, 3.63) is 64.3 Å². The molecule has 5 heterocycles. The minimum atomic E-state index is -0.0305. The van der Waals surface area contributed by atoms with E-state index in [0.29, 0.717) is 22.4 Å². The number of imidazole rings is 1. The Labute approximate surface area is 238 Å². The molecule has 204 valence electrons. The fourth-order valence-corrected chi connectivity index (χ4v) is 6.38. The first-order chi connectivity index (χ1) is 19.0. The molecular weight excluding hydrogens is 533 g/mol. The second kappa shape index (κ2) is 11.3. The number of carbonyl (C=O) groups is 1. The Morgan fingerprint density at radius 3 is 2.59 bits per heavy atom. The number of carbonyl (C=O) groups excluding carboxylic acids is 1. The molecule has 1 amide bonds. The van der Waals surface area contributed by atoms with Crippen LogP contribution in [0.15, 0.2) is 42.7 Å². The molecule has 3 aromatic heterocycles. The smallest absolute Gasteiger partial charge is 0.224 e. The van der Waals surface area contributed by atoms with Crippen LogP contribution in [0.2, 0.25) is 10.0 Å². The number of benzene rings is 1. The Kier molecular flexibility index (Phi) is 7.60. The third kappa shape index (κ3) is 5.42. The molecule has 2 saturated heterocycles. The lowest BCUT2D eigenvalue weighted by Gasteiger charge is -2.32. The van der Waals surface area contributed by atoms with E-state index in [2.05, 4.69) is 32.5 Å². The number of halogens is 2. The van der Waals surface area contributed by atoms with Crippen molar-refractivity contribution in [2.24, 2.45) is 0 Å². The Hall–Kier alpha value is -2.94. The van der Waals surface area contributed by atoms with Crippen molar-refractivity contribution in [1.29, 1.82) is 0 Å². The van der Waals surface area contributed by atoms with Gasteiger partial charge >= 0.3 is 0 Å². The topological polar surface area (TPSA) is 82.9 Å². The molecule has 1 aromatic carbocycles. The van der Waals surface area contributed by atoms with E-state index in [1.165, 1.54) is 5.69 Å². The molecule has 0 unspecified atom stereocenters. The molecular formula is C29H33Cl2N7O. The lowest BCUT2D eigenvalue weighted by Crippen LogP contribution is -2.38. The summed E-state index contributed by atoms with van der Waals surface area (Å²) in [4.78, 5) is 30.0. The number of piperidine rings is 1. The van der Waals surface area contributed by atoms with E-state index in [9.17, 15) is 4.79 Å². The van der Waals surface area contributed by atoms with E-state index >= 15 is 0 Å².